The largest absolute Gasteiger partial charge is 0.348 e. The van der Waals surface area contributed by atoms with Crippen LogP contribution in [0.3, 0.4) is 0 Å². The fraction of sp³-hybridized carbons (Fsp3) is 0.709. The van der Waals surface area contributed by atoms with Crippen molar-refractivity contribution in [1.29, 1.82) is 0 Å². The lowest BCUT2D eigenvalue weighted by molar-refractivity contribution is 0.0647. The molecule has 0 radical (unpaired) electrons. The van der Waals surface area contributed by atoms with Crippen LogP contribution in [0, 0.1) is 32.5 Å². The average molecular weight is 1340 g/mol. The number of rotatable bonds is 6. The number of aromatic nitrogens is 5. The third kappa shape index (κ3) is 11.1. The van der Waals surface area contributed by atoms with Gasteiger partial charge in [0.1, 0.15) is 0 Å². The predicted octanol–water partition coefficient (Wildman–Crippen LogP) is 16.5. The molecule has 16 nitrogen and oxygen atoms in total. The van der Waals surface area contributed by atoms with Crippen LogP contribution in [0.25, 0.3) is 0 Å². The molecule has 0 bridgehead atoms. The Labute approximate surface area is 579 Å². The van der Waals surface area contributed by atoms with E-state index < -0.39 is 9.84 Å². The summed E-state index contributed by atoms with van der Waals surface area (Å²) in [5, 5.41) is 4.30. The zero-order valence-electron chi connectivity index (χ0n) is 66.3. The lowest BCUT2D eigenvalue weighted by Gasteiger charge is -2.60. The van der Waals surface area contributed by atoms with Crippen LogP contribution < -0.4 is 22.0 Å². The van der Waals surface area contributed by atoms with E-state index in [1.54, 1.807) is 24.8 Å². The van der Waals surface area contributed by atoms with Crippen LogP contribution in [0.5, 0.6) is 0 Å². The van der Waals surface area contributed by atoms with Gasteiger partial charge >= 0.3 is 11.7 Å². The third-order valence-electron chi connectivity index (χ3n) is 26.6. The number of amides is 2. The van der Waals surface area contributed by atoms with Gasteiger partial charge in [0.25, 0.3) is 5.56 Å². The number of pyridine rings is 1. The molecule has 0 saturated heterocycles. The number of fused-ring (bicyclic) bond motifs is 3. The van der Waals surface area contributed by atoms with Gasteiger partial charge in [0.2, 0.25) is 0 Å². The van der Waals surface area contributed by atoms with Crippen LogP contribution in [-0.4, -0.2) is 90.4 Å². The first-order valence-corrected chi connectivity index (χ1v) is 37.0. The first-order valence-electron chi connectivity index (χ1n) is 35.5. The van der Waals surface area contributed by atoms with E-state index >= 15 is 0 Å². The normalized spacial score (nSPS) is 23.8. The Kier molecular flexibility index (Phi) is 19.6. The summed E-state index contributed by atoms with van der Waals surface area (Å²) in [7, 11) is -3.21. The number of urea groups is 1. The number of allylic oxidation sites excluding steroid dienone is 4. The van der Waals surface area contributed by atoms with Gasteiger partial charge in [-0.15, -0.1) is 0 Å². The van der Waals surface area contributed by atoms with Gasteiger partial charge in [-0.2, -0.15) is 4.98 Å². The summed E-state index contributed by atoms with van der Waals surface area (Å²) >= 11 is 0. The van der Waals surface area contributed by atoms with Crippen LogP contribution in [0.1, 0.15) is 301 Å². The summed E-state index contributed by atoms with van der Waals surface area (Å²) in [6.07, 6.45) is 9.09. The van der Waals surface area contributed by atoms with Crippen LogP contribution in [0.15, 0.2) is 88.9 Å². The van der Waals surface area contributed by atoms with E-state index in [-0.39, 0.29) is 100 Å². The van der Waals surface area contributed by atoms with Gasteiger partial charge in [0.05, 0.1) is 29.5 Å². The molecule has 3 aromatic rings. The highest BCUT2D eigenvalue weighted by atomic mass is 32.2. The van der Waals surface area contributed by atoms with Crippen LogP contribution in [0.2, 0.25) is 0 Å². The maximum atomic E-state index is 12.1. The molecule has 12 rings (SSSR count). The second kappa shape index (κ2) is 24.2. The fourth-order valence-electron chi connectivity index (χ4n) is 16.3. The molecule has 9 aliphatic rings. The minimum atomic E-state index is -3.21. The summed E-state index contributed by atoms with van der Waals surface area (Å²) in [5.41, 5.74) is 13.9. The predicted molar refractivity (Wildman–Crippen MR) is 397 cm³/mol. The molecule has 6 heterocycles. The van der Waals surface area contributed by atoms with Gasteiger partial charge < -0.3 is 24.3 Å². The standard InChI is InChI=1S/C14H21NO.C13H20N2O.C13H22N2O.C13H20N2O.C13H22N2.C13H21NO2S/c1-9(2)15-8-7-10(16)11-12(15)14(5,6)13(11,3)4;1-8(2)15-7-14-11(16)9-10(15)13(5,6)12(9,3)4;2*1-8(2)15-10-9(7-14-11(15)16)12(3,4)13(10,5)6;1-9(2)15-8-14-7-10-11(15)13(5,6)12(10,3)4;1-9(2)14-7-8-17(15,16)11-10(14)12(3,4)13(11,5)6/h7-9H,1-6H3;7-8H,1-6H3;8H,7H2,1-6H3,(H,14,16);7-8H,1-6H3;8-9H,7H2,1-6H3;7-9H,1-6H3. The summed E-state index contributed by atoms with van der Waals surface area (Å²) in [5.74, 6) is 0. The molecule has 0 fully saturated rings. The molecule has 1 N–H and O–H groups in total. The van der Waals surface area contributed by atoms with Crippen molar-refractivity contribution in [3.05, 3.63) is 134 Å². The second-order valence-corrected chi connectivity index (χ2v) is 38.5. The number of nitrogens with one attached hydrogen (secondary N) is 1. The Morgan fingerprint density at radius 3 is 1.42 bits per heavy atom. The molecule has 3 aliphatic heterocycles. The molecule has 0 unspecified atom stereocenters. The van der Waals surface area contributed by atoms with Gasteiger partial charge in [-0.3, -0.25) is 24.0 Å². The molecule has 6 aliphatic carbocycles. The molecule has 2 amide bonds. The smallest absolute Gasteiger partial charge is 0.347 e. The number of carbonyl (C=O) groups is 1. The first-order chi connectivity index (χ1) is 43.2. The summed E-state index contributed by atoms with van der Waals surface area (Å²) < 4.78 is 30.5. The van der Waals surface area contributed by atoms with E-state index in [0.717, 1.165) is 34.8 Å². The third-order valence-corrected chi connectivity index (χ3v) is 28.4. The molecular weight excluding hydrogens is 1220 g/mol. The second-order valence-electron chi connectivity index (χ2n) is 36.7. The Hall–Kier alpha value is -5.84. The monoisotopic (exact) mass is 1340 g/mol. The number of nitrogens with zero attached hydrogens (tertiary/aromatic N) is 9. The number of carbonyl (C=O) groups excluding carboxylic acids is 1. The minimum Gasteiger partial charge on any atom is -0.348 e. The van der Waals surface area contributed by atoms with Crippen molar-refractivity contribution in [2.45, 2.75) is 318 Å². The fourth-order valence-corrected chi connectivity index (χ4v) is 18.3. The molecule has 0 saturated carbocycles. The molecule has 534 valence electrons. The quantitative estimate of drug-likeness (QED) is 0.250. The lowest BCUT2D eigenvalue weighted by atomic mass is 9.51. The highest BCUT2D eigenvalue weighted by Crippen LogP contribution is 2.66. The van der Waals surface area contributed by atoms with E-state index in [9.17, 15) is 27.6 Å². The summed E-state index contributed by atoms with van der Waals surface area (Å²) in [6, 6.07) is 3.69. The van der Waals surface area contributed by atoms with Gasteiger partial charge in [-0.25, -0.2) is 23.0 Å². The Balaban J connectivity index is 0.000000163. The molecule has 96 heavy (non-hydrogen) atoms. The van der Waals surface area contributed by atoms with E-state index in [1.165, 1.54) is 39.2 Å². The number of aliphatic imine (C=N–C) groups is 1. The zero-order valence-corrected chi connectivity index (χ0v) is 67.1. The van der Waals surface area contributed by atoms with E-state index in [4.69, 9.17) is 0 Å². The van der Waals surface area contributed by atoms with Gasteiger partial charge in [-0.1, -0.05) is 166 Å². The minimum absolute atomic E-state index is 0.0166. The average Bonchev–Trinajstić information content (AvgIpc) is 0.714. The highest BCUT2D eigenvalue weighted by Gasteiger charge is 2.62. The van der Waals surface area contributed by atoms with Crippen LogP contribution >= 0.6 is 0 Å². The maximum absolute atomic E-state index is 12.1. The lowest BCUT2D eigenvalue weighted by Crippen LogP contribution is -2.62. The van der Waals surface area contributed by atoms with Crippen molar-refractivity contribution < 1.29 is 13.2 Å². The Morgan fingerprint density at radius 1 is 0.458 bits per heavy atom. The van der Waals surface area contributed by atoms with Crippen LogP contribution in [0.4, 0.5) is 4.79 Å². The molecular formula is C79H126N10O6S. The Bertz CT molecular complexity index is 3900. The molecule has 0 spiro atoms. The van der Waals surface area contributed by atoms with Gasteiger partial charge in [0.15, 0.2) is 15.3 Å². The van der Waals surface area contributed by atoms with E-state index in [2.05, 4.69) is 261 Å². The highest BCUT2D eigenvalue weighted by molar-refractivity contribution is 7.98. The number of hydrogen-bond donors (Lipinski definition) is 1. The zero-order chi connectivity index (χ0) is 73.9. The van der Waals surface area contributed by atoms with Crippen molar-refractivity contribution in [3.8, 4) is 0 Å². The van der Waals surface area contributed by atoms with E-state index in [1.807, 2.05) is 49.7 Å². The van der Waals surface area contributed by atoms with Gasteiger partial charge in [0, 0.05) is 172 Å². The summed E-state index contributed by atoms with van der Waals surface area (Å²) in [4.78, 5) is 66.9. The number of sulfone groups is 1. The van der Waals surface area contributed by atoms with Crippen molar-refractivity contribution in [2.24, 2.45) is 37.5 Å². The molecule has 3 aromatic heterocycles. The topological polar surface area (TPSA) is 177 Å². The maximum Gasteiger partial charge on any atom is 0.347 e. The SMILES string of the molecule is CC(C)N1C(=O)NCC2=C1C(C)(C)C2(C)C.CC(C)N1C=CS(=O)(=O)C2=C1C(C)(C)C2(C)C.CC(C)N1C=NCC2=C1C(C)(C)C2(C)C.CC(C)n1c2c(cnc1=O)C(C)(C)C2(C)C.CC(C)n1ccc(=O)c2c1C(C)(C)C2(C)C.CC(C)n1cnc(=O)c2c1C(C)(C)C2(C)C. The summed E-state index contributed by atoms with van der Waals surface area (Å²) in [6.45, 7) is 79.9. The van der Waals surface area contributed by atoms with Gasteiger partial charge in [-0.05, 0) is 105 Å². The number of hydrogen-bond acceptors (Lipinski definition) is 11. The molecule has 17 heteroatoms. The van der Waals surface area contributed by atoms with Crippen molar-refractivity contribution in [3.63, 3.8) is 0 Å². The Morgan fingerprint density at radius 2 is 0.927 bits per heavy atom. The van der Waals surface area contributed by atoms with Crippen LogP contribution in [-0.2, 0) is 42.3 Å². The molecule has 0 aromatic carbocycles. The molecule has 0 atom stereocenters. The first kappa shape index (κ1) is 77.5. The van der Waals surface area contributed by atoms with Crippen molar-refractivity contribution in [1.82, 2.24) is 43.7 Å². The van der Waals surface area contributed by atoms with E-state index in [0.29, 0.717) is 35.0 Å². The van der Waals surface area contributed by atoms with Crippen molar-refractivity contribution in [2.75, 3.05) is 13.1 Å². The van der Waals surface area contributed by atoms with Crippen molar-refractivity contribution >= 4 is 22.2 Å².